The lowest BCUT2D eigenvalue weighted by atomic mass is 10.2. The van der Waals surface area contributed by atoms with Crippen LogP contribution >= 0.6 is 22.6 Å². The summed E-state index contributed by atoms with van der Waals surface area (Å²) in [6.07, 6.45) is 0. The molecule has 0 atom stereocenters. The van der Waals surface area contributed by atoms with E-state index in [1.165, 1.54) is 11.1 Å². The van der Waals surface area contributed by atoms with Gasteiger partial charge in [0.1, 0.15) is 0 Å². The molecule has 0 aliphatic heterocycles. The van der Waals surface area contributed by atoms with Gasteiger partial charge in [-0.05, 0) is 47.2 Å². The van der Waals surface area contributed by atoms with E-state index in [9.17, 15) is 0 Å². The van der Waals surface area contributed by atoms with Crippen molar-refractivity contribution in [3.05, 3.63) is 27.6 Å². The first-order valence-electron chi connectivity index (χ1n) is 3.77. The molecule has 0 bridgehead atoms. The number of hydrogen-bond donors (Lipinski definition) is 0. The molecule has 3 heteroatoms. The van der Waals surface area contributed by atoms with Crippen LogP contribution in [0.15, 0.2) is 18.2 Å². The van der Waals surface area contributed by atoms with Gasteiger partial charge in [-0.15, -0.1) is 0 Å². The van der Waals surface area contributed by atoms with Gasteiger partial charge in [-0.1, -0.05) is 6.07 Å². The van der Waals surface area contributed by atoms with Gasteiger partial charge in [-0.2, -0.15) is 0 Å². The third-order valence-corrected chi connectivity index (χ3v) is 2.95. The van der Waals surface area contributed by atoms with Crippen LogP contribution in [-0.4, -0.2) is 9.55 Å². The van der Waals surface area contributed by atoms with Crippen LogP contribution in [0.5, 0.6) is 0 Å². The van der Waals surface area contributed by atoms with Crippen LogP contribution in [0.1, 0.15) is 5.56 Å². The fraction of sp³-hybridized carbons (Fsp3) is 0.222. The van der Waals surface area contributed by atoms with E-state index in [0.717, 1.165) is 9.35 Å². The van der Waals surface area contributed by atoms with Crippen LogP contribution in [0.3, 0.4) is 0 Å². The summed E-state index contributed by atoms with van der Waals surface area (Å²) in [5.74, 6) is 0. The molecule has 0 saturated heterocycles. The van der Waals surface area contributed by atoms with Crippen molar-refractivity contribution in [2.45, 2.75) is 6.92 Å². The number of hydrogen-bond acceptors (Lipinski definition) is 1. The lowest BCUT2D eigenvalue weighted by Crippen LogP contribution is -1.89. The van der Waals surface area contributed by atoms with Gasteiger partial charge in [0, 0.05) is 7.05 Å². The first-order chi connectivity index (χ1) is 5.68. The highest BCUT2D eigenvalue weighted by atomic mass is 127. The maximum atomic E-state index is 4.42. The Morgan fingerprint density at radius 1 is 1.42 bits per heavy atom. The highest BCUT2D eigenvalue weighted by Gasteiger charge is 2.03. The molecule has 2 rings (SSSR count). The molecule has 0 fully saturated rings. The zero-order chi connectivity index (χ0) is 8.72. The van der Waals surface area contributed by atoms with Crippen molar-refractivity contribution < 1.29 is 0 Å². The SMILES string of the molecule is Cc1ccc2c(c1)nc(I)n2C. The van der Waals surface area contributed by atoms with Gasteiger partial charge in [-0.25, -0.2) is 4.98 Å². The number of nitrogens with zero attached hydrogens (tertiary/aromatic N) is 2. The van der Waals surface area contributed by atoms with E-state index in [4.69, 9.17) is 0 Å². The number of aryl methyl sites for hydroxylation is 2. The van der Waals surface area contributed by atoms with Crippen LogP contribution < -0.4 is 0 Å². The smallest absolute Gasteiger partial charge is 0.172 e. The van der Waals surface area contributed by atoms with Crippen molar-refractivity contribution in [3.63, 3.8) is 0 Å². The molecule has 2 aromatic rings. The van der Waals surface area contributed by atoms with Crippen molar-refractivity contribution in [2.24, 2.45) is 7.05 Å². The third-order valence-electron chi connectivity index (χ3n) is 1.98. The summed E-state index contributed by atoms with van der Waals surface area (Å²) in [5, 5.41) is 0. The standard InChI is InChI=1S/C9H9IN2/c1-6-3-4-8-7(5-6)11-9(10)12(8)2/h3-5H,1-2H3. The Morgan fingerprint density at radius 2 is 2.17 bits per heavy atom. The average molecular weight is 272 g/mol. The fourth-order valence-electron chi connectivity index (χ4n) is 1.28. The first-order valence-corrected chi connectivity index (χ1v) is 4.85. The molecular weight excluding hydrogens is 263 g/mol. The van der Waals surface area contributed by atoms with Gasteiger partial charge in [-0.3, -0.25) is 0 Å². The second-order valence-corrected chi connectivity index (χ2v) is 3.90. The summed E-state index contributed by atoms with van der Waals surface area (Å²) in [4.78, 5) is 4.42. The first kappa shape index (κ1) is 8.04. The molecule has 0 saturated carbocycles. The van der Waals surface area contributed by atoms with E-state index in [1.54, 1.807) is 0 Å². The number of imidazole rings is 1. The van der Waals surface area contributed by atoms with Crippen molar-refractivity contribution in [2.75, 3.05) is 0 Å². The van der Waals surface area contributed by atoms with Crippen molar-refractivity contribution >= 4 is 33.6 Å². The number of fused-ring (bicyclic) bond motifs is 1. The summed E-state index contributed by atoms with van der Waals surface area (Å²) in [6, 6.07) is 6.33. The largest absolute Gasteiger partial charge is 0.322 e. The zero-order valence-corrected chi connectivity index (χ0v) is 9.16. The number of halogens is 1. The minimum absolute atomic E-state index is 1.04. The van der Waals surface area contributed by atoms with Crippen LogP contribution in [-0.2, 0) is 7.05 Å². The monoisotopic (exact) mass is 272 g/mol. The van der Waals surface area contributed by atoms with E-state index in [-0.39, 0.29) is 0 Å². The zero-order valence-electron chi connectivity index (χ0n) is 7.00. The predicted octanol–water partition coefficient (Wildman–Crippen LogP) is 2.49. The molecule has 12 heavy (non-hydrogen) atoms. The summed E-state index contributed by atoms with van der Waals surface area (Å²) in [6.45, 7) is 2.08. The molecule has 0 amide bonds. The summed E-state index contributed by atoms with van der Waals surface area (Å²) < 4.78 is 3.13. The average Bonchev–Trinajstić information content (AvgIpc) is 2.28. The van der Waals surface area contributed by atoms with Gasteiger partial charge >= 0.3 is 0 Å². The third kappa shape index (κ3) is 1.12. The van der Waals surface area contributed by atoms with Gasteiger partial charge in [0.2, 0.25) is 0 Å². The number of rotatable bonds is 0. The predicted molar refractivity (Wildman–Crippen MR) is 58.2 cm³/mol. The molecule has 0 radical (unpaired) electrons. The fourth-order valence-corrected chi connectivity index (χ4v) is 1.80. The van der Waals surface area contributed by atoms with E-state index in [1.807, 2.05) is 7.05 Å². The number of benzene rings is 1. The summed E-state index contributed by atoms with van der Waals surface area (Å²) >= 11 is 2.24. The van der Waals surface area contributed by atoms with E-state index >= 15 is 0 Å². The molecular formula is C9H9IN2. The topological polar surface area (TPSA) is 17.8 Å². The molecule has 0 aliphatic carbocycles. The molecule has 0 aliphatic rings. The molecule has 1 heterocycles. The maximum Gasteiger partial charge on any atom is 0.172 e. The molecule has 0 spiro atoms. The Bertz CT molecular complexity index is 431. The molecule has 62 valence electrons. The Morgan fingerprint density at radius 3 is 2.92 bits per heavy atom. The van der Waals surface area contributed by atoms with Crippen molar-refractivity contribution in [3.8, 4) is 0 Å². The second-order valence-electron chi connectivity index (χ2n) is 2.93. The maximum absolute atomic E-state index is 4.42. The lowest BCUT2D eigenvalue weighted by molar-refractivity contribution is 0.908. The van der Waals surface area contributed by atoms with E-state index in [0.29, 0.717) is 0 Å². The highest BCUT2D eigenvalue weighted by Crippen LogP contribution is 2.16. The van der Waals surface area contributed by atoms with Gasteiger partial charge in [0.15, 0.2) is 3.83 Å². The molecule has 0 unspecified atom stereocenters. The molecule has 2 nitrogen and oxygen atoms in total. The Balaban J connectivity index is 2.87. The minimum Gasteiger partial charge on any atom is -0.322 e. The van der Waals surface area contributed by atoms with Crippen LogP contribution in [0.25, 0.3) is 11.0 Å². The van der Waals surface area contributed by atoms with Gasteiger partial charge in [0.05, 0.1) is 11.0 Å². The normalized spacial score (nSPS) is 10.9. The van der Waals surface area contributed by atoms with Crippen LogP contribution in [0.4, 0.5) is 0 Å². The Hall–Kier alpha value is -0.580. The van der Waals surface area contributed by atoms with Gasteiger partial charge in [0.25, 0.3) is 0 Å². The highest BCUT2D eigenvalue weighted by molar-refractivity contribution is 14.1. The molecule has 1 aromatic carbocycles. The Labute approximate surface area is 84.7 Å². The molecule has 1 aromatic heterocycles. The lowest BCUT2D eigenvalue weighted by Gasteiger charge is -1.95. The van der Waals surface area contributed by atoms with E-state index in [2.05, 4.69) is 57.3 Å². The molecule has 0 N–H and O–H groups in total. The minimum atomic E-state index is 1.04. The van der Waals surface area contributed by atoms with E-state index < -0.39 is 0 Å². The van der Waals surface area contributed by atoms with Crippen LogP contribution in [0, 0.1) is 10.8 Å². The van der Waals surface area contributed by atoms with Gasteiger partial charge < -0.3 is 4.57 Å². The van der Waals surface area contributed by atoms with Crippen molar-refractivity contribution in [1.29, 1.82) is 0 Å². The van der Waals surface area contributed by atoms with Crippen molar-refractivity contribution in [1.82, 2.24) is 9.55 Å². The second kappa shape index (κ2) is 2.73. The van der Waals surface area contributed by atoms with Crippen LogP contribution in [0.2, 0.25) is 0 Å². The summed E-state index contributed by atoms with van der Waals surface area (Å²) in [5.41, 5.74) is 3.55. The summed E-state index contributed by atoms with van der Waals surface area (Å²) in [7, 11) is 2.03. The Kier molecular flexibility index (Phi) is 1.83. The number of aromatic nitrogens is 2. The quantitative estimate of drug-likeness (QED) is 0.674.